The molecule has 0 aromatic heterocycles. The Hall–Kier alpha value is -0.167. The minimum atomic E-state index is -1.01. The van der Waals surface area contributed by atoms with Crippen molar-refractivity contribution in [2.75, 3.05) is 0 Å². The van der Waals surface area contributed by atoms with Gasteiger partial charge in [-0.3, -0.25) is 0 Å². The zero-order valence-electron chi connectivity index (χ0n) is 9.38. The standard InChI is InChI=1S/C6H9.C5H10O2.Zn/c1-2-4-6-5-3-1;1-5(2,3)4(6)7;/h1-3H,4-6H2;1-3H3,(H,6,7);/q;;+1/p-1. The van der Waals surface area contributed by atoms with Crippen molar-refractivity contribution in [2.24, 2.45) is 5.41 Å². The molecule has 1 unspecified atom stereocenters. The molecule has 0 N–H and O–H groups in total. The molecule has 0 amide bonds. The Kier molecular flexibility index (Phi) is 6.27. The van der Waals surface area contributed by atoms with E-state index in [0.717, 1.165) is 4.51 Å². The van der Waals surface area contributed by atoms with Crippen LogP contribution in [0.5, 0.6) is 0 Å². The van der Waals surface area contributed by atoms with Crippen molar-refractivity contribution in [3.8, 4) is 0 Å². The van der Waals surface area contributed by atoms with Gasteiger partial charge in [-0.15, -0.1) is 0 Å². The summed E-state index contributed by atoms with van der Waals surface area (Å²) in [4.78, 5) is 9.91. The van der Waals surface area contributed by atoms with E-state index in [9.17, 15) is 9.90 Å². The number of allylic oxidation sites excluding steroid dienone is 2. The number of hydrogen-bond donors (Lipinski definition) is 0. The average molecular weight is 248 g/mol. The molecule has 0 heterocycles. The van der Waals surface area contributed by atoms with Gasteiger partial charge in [-0.2, -0.15) is 0 Å². The van der Waals surface area contributed by atoms with Crippen LogP contribution in [0, 0.1) is 5.41 Å². The Morgan fingerprint density at radius 3 is 2.14 bits per heavy atom. The molecule has 1 rings (SSSR count). The number of carboxylic acid groups (broad SMARTS) is 1. The summed E-state index contributed by atoms with van der Waals surface area (Å²) in [5.41, 5.74) is -0.694. The van der Waals surface area contributed by atoms with Gasteiger partial charge in [0.2, 0.25) is 0 Å². The van der Waals surface area contributed by atoms with Gasteiger partial charge in [-0.1, -0.05) is 20.8 Å². The average Bonchev–Trinajstić information content (AvgIpc) is 2.04. The molecule has 1 aliphatic rings. The third kappa shape index (κ3) is 7.26. The fourth-order valence-electron chi connectivity index (χ4n) is 0.883. The van der Waals surface area contributed by atoms with E-state index in [0.29, 0.717) is 0 Å². The molecule has 1 atom stereocenters. The molecule has 76 valence electrons. The molecule has 0 radical (unpaired) electrons. The van der Waals surface area contributed by atoms with Crippen LogP contribution in [0.25, 0.3) is 0 Å². The van der Waals surface area contributed by atoms with Crippen molar-refractivity contribution in [1.29, 1.82) is 0 Å². The Bertz CT molecular complexity index is 204. The van der Waals surface area contributed by atoms with Crippen molar-refractivity contribution in [3.05, 3.63) is 12.2 Å². The molecule has 2 nitrogen and oxygen atoms in total. The fraction of sp³-hybridized carbons (Fsp3) is 0.727. The van der Waals surface area contributed by atoms with Crippen LogP contribution in [0.4, 0.5) is 0 Å². The van der Waals surface area contributed by atoms with E-state index in [1.807, 2.05) is 0 Å². The Labute approximate surface area is 96.5 Å². The summed E-state index contributed by atoms with van der Waals surface area (Å²) in [6, 6.07) is 0. The zero-order chi connectivity index (χ0) is 11.2. The number of carboxylic acids is 1. The van der Waals surface area contributed by atoms with E-state index >= 15 is 0 Å². The molecule has 0 saturated heterocycles. The Balaban J connectivity index is 0.000000241. The van der Waals surface area contributed by atoms with E-state index in [1.54, 1.807) is 20.8 Å². The van der Waals surface area contributed by atoms with Crippen molar-refractivity contribution in [2.45, 2.75) is 44.5 Å². The molecule has 0 bridgehead atoms. The molecular weight excluding hydrogens is 230 g/mol. The van der Waals surface area contributed by atoms with Crippen LogP contribution in [0.2, 0.25) is 4.51 Å². The van der Waals surface area contributed by atoms with Gasteiger partial charge in [0.05, 0.1) is 0 Å². The zero-order valence-corrected chi connectivity index (χ0v) is 12.3. The first-order valence-corrected chi connectivity index (χ1v) is 6.76. The van der Waals surface area contributed by atoms with E-state index in [4.69, 9.17) is 0 Å². The van der Waals surface area contributed by atoms with E-state index in [2.05, 4.69) is 12.2 Å². The molecule has 0 spiro atoms. The number of aliphatic carboxylic acids is 1. The third-order valence-electron chi connectivity index (χ3n) is 1.97. The second kappa shape index (κ2) is 6.34. The van der Waals surface area contributed by atoms with Gasteiger partial charge >= 0.3 is 54.2 Å². The molecule has 0 saturated carbocycles. The van der Waals surface area contributed by atoms with Crippen LogP contribution in [0.3, 0.4) is 0 Å². The minimum absolute atomic E-state index is 0.694. The van der Waals surface area contributed by atoms with Gasteiger partial charge in [-0.25, -0.2) is 0 Å². The first-order chi connectivity index (χ1) is 6.34. The summed E-state index contributed by atoms with van der Waals surface area (Å²) in [6.07, 6.45) is 8.90. The van der Waals surface area contributed by atoms with Gasteiger partial charge in [0, 0.05) is 11.4 Å². The molecule has 1 aliphatic carbocycles. The second-order valence-electron chi connectivity index (χ2n) is 4.66. The third-order valence-corrected chi connectivity index (χ3v) is 3.39. The molecule has 0 aromatic rings. The second-order valence-corrected chi connectivity index (χ2v) is 6.86. The number of rotatable bonds is 0. The van der Waals surface area contributed by atoms with Crippen LogP contribution >= 0.6 is 0 Å². The van der Waals surface area contributed by atoms with Gasteiger partial charge < -0.3 is 9.90 Å². The van der Waals surface area contributed by atoms with Gasteiger partial charge in [0.1, 0.15) is 0 Å². The maximum atomic E-state index is 9.91. The summed E-state index contributed by atoms with van der Waals surface area (Å²) in [6.45, 7) is 4.80. The van der Waals surface area contributed by atoms with Crippen molar-refractivity contribution in [3.63, 3.8) is 0 Å². The topological polar surface area (TPSA) is 40.1 Å². The van der Waals surface area contributed by atoms with Crippen LogP contribution < -0.4 is 5.11 Å². The van der Waals surface area contributed by atoms with Gasteiger partial charge in [0.25, 0.3) is 0 Å². The molecule has 0 aromatic carbocycles. The SMILES string of the molecule is CC(C)(C)C(=O)[O-].[Zn+][CH]1C=CCCC1. The van der Waals surface area contributed by atoms with Crippen LogP contribution in [0.1, 0.15) is 40.0 Å². The summed E-state index contributed by atoms with van der Waals surface area (Å²) in [5, 5.41) is 9.91. The fourth-order valence-corrected chi connectivity index (χ4v) is 1.89. The number of carbonyl (C=O) groups excluding carboxylic acids is 1. The predicted octanol–water partition coefficient (Wildman–Crippen LogP) is 1.84. The molecular formula is C11H18O2Zn. The van der Waals surface area contributed by atoms with Crippen LogP contribution in [-0.2, 0) is 23.1 Å². The summed E-state index contributed by atoms with van der Waals surface area (Å²) in [5.74, 6) is -1.01. The first-order valence-electron chi connectivity index (χ1n) is 5.05. The predicted molar refractivity (Wildman–Crippen MR) is 51.2 cm³/mol. The van der Waals surface area contributed by atoms with E-state index in [-0.39, 0.29) is 0 Å². The number of carbonyl (C=O) groups is 1. The monoisotopic (exact) mass is 246 g/mol. The van der Waals surface area contributed by atoms with Crippen LogP contribution in [0.15, 0.2) is 12.2 Å². The van der Waals surface area contributed by atoms with Crippen molar-refractivity contribution >= 4 is 5.97 Å². The normalized spacial score (nSPS) is 21.1. The summed E-state index contributed by atoms with van der Waals surface area (Å²) < 4.78 is 0.980. The van der Waals surface area contributed by atoms with E-state index in [1.165, 1.54) is 37.6 Å². The summed E-state index contributed by atoms with van der Waals surface area (Å²) in [7, 11) is 0. The van der Waals surface area contributed by atoms with Crippen LogP contribution in [-0.4, -0.2) is 5.97 Å². The Morgan fingerprint density at radius 2 is 2.00 bits per heavy atom. The molecule has 3 heteroatoms. The number of hydrogen-bond acceptors (Lipinski definition) is 2. The maximum absolute atomic E-state index is 9.91. The first kappa shape index (κ1) is 13.8. The molecule has 0 fully saturated rings. The summed E-state index contributed by atoms with van der Waals surface area (Å²) >= 11 is 1.45. The van der Waals surface area contributed by atoms with Crippen molar-refractivity contribution < 1.29 is 28.2 Å². The molecule has 0 aliphatic heterocycles. The van der Waals surface area contributed by atoms with Gasteiger partial charge in [0.15, 0.2) is 0 Å². The molecule has 14 heavy (non-hydrogen) atoms. The van der Waals surface area contributed by atoms with E-state index < -0.39 is 11.4 Å². The quantitative estimate of drug-likeness (QED) is 0.484. The van der Waals surface area contributed by atoms with Gasteiger partial charge in [-0.05, 0) is 0 Å². The van der Waals surface area contributed by atoms with Crippen molar-refractivity contribution in [1.82, 2.24) is 0 Å². The Morgan fingerprint density at radius 1 is 1.50 bits per heavy atom.